The summed E-state index contributed by atoms with van der Waals surface area (Å²) in [6.45, 7) is 2.43. The van der Waals surface area contributed by atoms with Crippen LogP contribution in [0.5, 0.6) is 0 Å². The van der Waals surface area contributed by atoms with Gasteiger partial charge in [-0.3, -0.25) is 0 Å². The van der Waals surface area contributed by atoms with Gasteiger partial charge in [0.1, 0.15) is 0 Å². The molecule has 0 spiro atoms. The molecule has 84 valence electrons. The minimum atomic E-state index is -0.0154. The summed E-state index contributed by atoms with van der Waals surface area (Å²) in [5.41, 5.74) is 0. The molecule has 0 radical (unpaired) electrons. The van der Waals surface area contributed by atoms with Gasteiger partial charge in [-0.25, -0.2) is 4.79 Å². The standard InChI is InChI=1S/C11H14N4O/c12-5-9-1-3-14(7-9)11(16)15-4-2-10(6-13)8-15/h9-10H,1-4,7-8H2. The zero-order valence-electron chi connectivity index (χ0n) is 9.09. The molecule has 0 N–H and O–H groups in total. The molecular formula is C11H14N4O. The number of urea groups is 1. The normalized spacial score (nSPS) is 28.9. The van der Waals surface area contributed by atoms with Crippen LogP contribution in [-0.4, -0.2) is 42.0 Å². The highest BCUT2D eigenvalue weighted by Crippen LogP contribution is 2.21. The van der Waals surface area contributed by atoms with E-state index in [-0.39, 0.29) is 17.9 Å². The summed E-state index contributed by atoms with van der Waals surface area (Å²) in [4.78, 5) is 15.5. The van der Waals surface area contributed by atoms with Crippen molar-refractivity contribution < 1.29 is 4.79 Å². The number of rotatable bonds is 0. The number of carbonyl (C=O) groups excluding carboxylic acids is 1. The monoisotopic (exact) mass is 218 g/mol. The van der Waals surface area contributed by atoms with Crippen molar-refractivity contribution in [3.63, 3.8) is 0 Å². The summed E-state index contributed by atoms with van der Waals surface area (Å²) >= 11 is 0. The van der Waals surface area contributed by atoms with E-state index in [0.717, 1.165) is 12.8 Å². The van der Waals surface area contributed by atoms with Gasteiger partial charge in [-0.05, 0) is 12.8 Å². The zero-order valence-corrected chi connectivity index (χ0v) is 9.09. The van der Waals surface area contributed by atoms with Crippen LogP contribution < -0.4 is 0 Å². The third-order valence-electron chi connectivity index (χ3n) is 3.28. The van der Waals surface area contributed by atoms with Crippen LogP contribution in [0.15, 0.2) is 0 Å². The highest BCUT2D eigenvalue weighted by molar-refractivity contribution is 5.75. The van der Waals surface area contributed by atoms with Crippen LogP contribution in [-0.2, 0) is 0 Å². The topological polar surface area (TPSA) is 71.1 Å². The predicted octanol–water partition coefficient (Wildman–Crippen LogP) is 0.797. The van der Waals surface area contributed by atoms with Crippen LogP contribution in [0.25, 0.3) is 0 Å². The van der Waals surface area contributed by atoms with E-state index in [9.17, 15) is 4.79 Å². The number of amides is 2. The first-order valence-corrected chi connectivity index (χ1v) is 5.57. The van der Waals surface area contributed by atoms with Gasteiger partial charge in [-0.2, -0.15) is 10.5 Å². The van der Waals surface area contributed by atoms with E-state index in [0.29, 0.717) is 26.2 Å². The van der Waals surface area contributed by atoms with Gasteiger partial charge in [0.25, 0.3) is 0 Å². The Labute approximate surface area is 94.8 Å². The van der Waals surface area contributed by atoms with Crippen molar-refractivity contribution in [2.75, 3.05) is 26.2 Å². The minimum Gasteiger partial charge on any atom is -0.323 e. The third kappa shape index (κ3) is 1.94. The van der Waals surface area contributed by atoms with Crippen molar-refractivity contribution >= 4 is 6.03 Å². The summed E-state index contributed by atoms with van der Waals surface area (Å²) in [6, 6.07) is 4.38. The van der Waals surface area contributed by atoms with Crippen molar-refractivity contribution in [2.24, 2.45) is 11.8 Å². The van der Waals surface area contributed by atoms with Crippen LogP contribution in [0.4, 0.5) is 4.79 Å². The first-order chi connectivity index (χ1) is 7.74. The van der Waals surface area contributed by atoms with E-state index in [1.54, 1.807) is 9.80 Å². The van der Waals surface area contributed by atoms with E-state index in [4.69, 9.17) is 10.5 Å². The molecule has 0 bridgehead atoms. The molecule has 2 fully saturated rings. The summed E-state index contributed by atoms with van der Waals surface area (Å²) in [5.74, 6) is -0.0309. The molecule has 2 aliphatic rings. The van der Waals surface area contributed by atoms with Crippen LogP contribution in [0.3, 0.4) is 0 Å². The molecule has 16 heavy (non-hydrogen) atoms. The molecule has 0 aromatic rings. The first kappa shape index (κ1) is 10.8. The smallest absolute Gasteiger partial charge is 0.320 e. The number of likely N-dealkylation sites (tertiary alicyclic amines) is 2. The van der Waals surface area contributed by atoms with Gasteiger partial charge in [0, 0.05) is 26.2 Å². The summed E-state index contributed by atoms with van der Waals surface area (Å²) in [5, 5.41) is 17.5. The van der Waals surface area contributed by atoms with Crippen molar-refractivity contribution in [2.45, 2.75) is 12.8 Å². The molecule has 5 nitrogen and oxygen atoms in total. The molecule has 2 atom stereocenters. The summed E-state index contributed by atoms with van der Waals surface area (Å²) in [6.07, 6.45) is 1.55. The maximum absolute atomic E-state index is 12.0. The Morgan fingerprint density at radius 3 is 1.75 bits per heavy atom. The lowest BCUT2D eigenvalue weighted by Gasteiger charge is -2.23. The van der Waals surface area contributed by atoms with Gasteiger partial charge >= 0.3 is 6.03 Å². The summed E-state index contributed by atoms with van der Waals surface area (Å²) < 4.78 is 0. The molecule has 2 unspecified atom stereocenters. The van der Waals surface area contributed by atoms with E-state index < -0.39 is 0 Å². The van der Waals surface area contributed by atoms with Crippen molar-refractivity contribution in [3.05, 3.63) is 0 Å². The van der Waals surface area contributed by atoms with E-state index in [2.05, 4.69) is 12.1 Å². The number of carbonyl (C=O) groups is 1. The zero-order chi connectivity index (χ0) is 11.5. The molecule has 0 aromatic carbocycles. The average Bonchev–Trinajstić information content (AvgIpc) is 2.97. The van der Waals surface area contributed by atoms with Crippen molar-refractivity contribution in [1.82, 2.24) is 9.80 Å². The van der Waals surface area contributed by atoms with Crippen molar-refractivity contribution in [1.29, 1.82) is 10.5 Å². The van der Waals surface area contributed by atoms with Gasteiger partial charge in [0.2, 0.25) is 0 Å². The molecular weight excluding hydrogens is 204 g/mol. The maximum atomic E-state index is 12.0. The quantitative estimate of drug-likeness (QED) is 0.603. The number of nitriles is 2. The van der Waals surface area contributed by atoms with E-state index in [1.165, 1.54) is 0 Å². The molecule has 0 aliphatic carbocycles. The molecule has 2 heterocycles. The molecule has 5 heteroatoms. The largest absolute Gasteiger partial charge is 0.323 e. The highest BCUT2D eigenvalue weighted by atomic mass is 16.2. The van der Waals surface area contributed by atoms with Gasteiger partial charge in [0.15, 0.2) is 0 Å². The van der Waals surface area contributed by atoms with Crippen LogP contribution in [0.1, 0.15) is 12.8 Å². The fourth-order valence-corrected chi connectivity index (χ4v) is 2.28. The number of hydrogen-bond acceptors (Lipinski definition) is 3. The highest BCUT2D eigenvalue weighted by Gasteiger charge is 2.33. The minimum absolute atomic E-state index is 0.00417. The molecule has 2 saturated heterocycles. The third-order valence-corrected chi connectivity index (χ3v) is 3.28. The van der Waals surface area contributed by atoms with Gasteiger partial charge in [-0.15, -0.1) is 0 Å². The second-order valence-corrected chi connectivity index (χ2v) is 4.40. The van der Waals surface area contributed by atoms with Gasteiger partial charge < -0.3 is 9.80 Å². The Bertz CT molecular complexity index is 333. The first-order valence-electron chi connectivity index (χ1n) is 5.57. The molecule has 0 saturated carbocycles. The van der Waals surface area contributed by atoms with Gasteiger partial charge in [-0.1, -0.05) is 0 Å². The Morgan fingerprint density at radius 1 is 1.00 bits per heavy atom. The van der Waals surface area contributed by atoms with E-state index >= 15 is 0 Å². The molecule has 2 amide bonds. The SMILES string of the molecule is N#CC1CCN(C(=O)N2CCC(C#N)C2)C1. The lowest BCUT2D eigenvalue weighted by atomic mass is 10.1. The lowest BCUT2D eigenvalue weighted by molar-refractivity contribution is 0.171. The Kier molecular flexibility index (Phi) is 2.96. The van der Waals surface area contributed by atoms with Gasteiger partial charge in [0.05, 0.1) is 24.0 Å². The Morgan fingerprint density at radius 2 is 1.44 bits per heavy atom. The fraction of sp³-hybridized carbons (Fsp3) is 0.727. The average molecular weight is 218 g/mol. The number of hydrogen-bond donors (Lipinski definition) is 0. The molecule has 2 aliphatic heterocycles. The second-order valence-electron chi connectivity index (χ2n) is 4.40. The molecule has 2 rings (SSSR count). The predicted molar refractivity (Wildman–Crippen MR) is 56.0 cm³/mol. The Hall–Kier alpha value is -1.75. The van der Waals surface area contributed by atoms with Crippen molar-refractivity contribution in [3.8, 4) is 12.1 Å². The maximum Gasteiger partial charge on any atom is 0.320 e. The number of nitrogens with zero attached hydrogens (tertiary/aromatic N) is 4. The lowest BCUT2D eigenvalue weighted by Crippen LogP contribution is -2.40. The fourth-order valence-electron chi connectivity index (χ4n) is 2.28. The molecule has 0 aromatic heterocycles. The van der Waals surface area contributed by atoms with Crippen LogP contribution in [0.2, 0.25) is 0 Å². The summed E-state index contributed by atoms with van der Waals surface area (Å²) in [7, 11) is 0. The van der Waals surface area contributed by atoms with Crippen LogP contribution >= 0.6 is 0 Å². The second kappa shape index (κ2) is 4.40. The van der Waals surface area contributed by atoms with Crippen LogP contribution in [0, 0.1) is 34.5 Å². The van der Waals surface area contributed by atoms with E-state index in [1.807, 2.05) is 0 Å². The Balaban J connectivity index is 1.90.